The van der Waals surface area contributed by atoms with E-state index in [1.165, 1.54) is 7.11 Å². The number of nitrogens with one attached hydrogen (secondary N) is 2. The molecule has 0 saturated heterocycles. The smallest absolute Gasteiger partial charge is 0.328 e. The normalized spacial score (nSPS) is 36.9. The molecule has 4 aliphatic carbocycles. The Morgan fingerprint density at radius 2 is 1.61 bits per heavy atom. The molecule has 4 aliphatic rings. The second-order valence-electron chi connectivity index (χ2n) is 17.3. The van der Waals surface area contributed by atoms with Gasteiger partial charge in [-0.15, -0.1) is 0 Å². The summed E-state index contributed by atoms with van der Waals surface area (Å²) in [5, 5.41) is 30.7. The maximum Gasteiger partial charge on any atom is 0.328 e. The fourth-order valence-electron chi connectivity index (χ4n) is 11.3. The fourth-order valence-corrected chi connectivity index (χ4v) is 11.3. The van der Waals surface area contributed by atoms with Crippen molar-refractivity contribution < 1.29 is 24.5 Å². The number of carbonyl (C=O) groups is 2. The van der Waals surface area contributed by atoms with Crippen LogP contribution >= 0.6 is 0 Å². The lowest BCUT2D eigenvalue weighted by atomic mass is 9.43. The van der Waals surface area contributed by atoms with Crippen molar-refractivity contribution in [3.05, 3.63) is 0 Å². The lowest BCUT2D eigenvalue weighted by Crippen LogP contribution is -2.62. The highest BCUT2D eigenvalue weighted by Gasteiger charge is 2.65. The zero-order valence-electron chi connectivity index (χ0n) is 31.8. The van der Waals surface area contributed by atoms with Gasteiger partial charge in [-0.1, -0.05) is 34.6 Å². The number of methoxy groups -OCH3 is 1. The number of ether oxygens (including phenoxy) is 1. The predicted molar refractivity (Wildman–Crippen MR) is 195 cm³/mol. The maximum atomic E-state index is 12.9. The van der Waals surface area contributed by atoms with E-state index in [-0.39, 0.29) is 46.5 Å². The minimum Gasteiger partial charge on any atom is -0.467 e. The van der Waals surface area contributed by atoms with Crippen LogP contribution in [0, 0.1) is 52.3 Å². The van der Waals surface area contributed by atoms with Crippen LogP contribution in [-0.2, 0) is 14.3 Å². The Labute approximate surface area is 297 Å². The van der Waals surface area contributed by atoms with E-state index in [0.717, 1.165) is 103 Å². The van der Waals surface area contributed by atoms with Crippen molar-refractivity contribution in [1.29, 1.82) is 0 Å². The summed E-state index contributed by atoms with van der Waals surface area (Å²) >= 11 is 0. The molecule has 0 bridgehead atoms. The summed E-state index contributed by atoms with van der Waals surface area (Å²) in [6.07, 6.45) is 10.6. The molecular weight excluding hydrogens is 618 g/mol. The standard InChI is InChI=1S/C39H73N5O5/c1-25(2)36(37(48)49-6)43-34(47)13-10-26(3)29-11-12-30-35-31(24-33(46)39(29,30)5)38(4)15-14-28(22-27(38)23-32(35)45)42-18-9-21-44(19-7-16-40)20-8-17-41/h25-33,35-36,42,45-46H,7-24,40-41H2,1-6H3,(H,43,47)/t26-,27+,28+,29-,30+,31+,32-,33+,35+,36+,38+,39-/m1/s1. The van der Waals surface area contributed by atoms with E-state index in [0.29, 0.717) is 36.6 Å². The average Bonchev–Trinajstić information content (AvgIpc) is 3.44. The summed E-state index contributed by atoms with van der Waals surface area (Å²) in [7, 11) is 1.35. The van der Waals surface area contributed by atoms with Crippen molar-refractivity contribution >= 4 is 11.9 Å². The molecular formula is C39H73N5O5. The van der Waals surface area contributed by atoms with E-state index in [4.69, 9.17) is 16.2 Å². The molecule has 4 fully saturated rings. The van der Waals surface area contributed by atoms with Crippen LogP contribution in [0.2, 0.25) is 0 Å². The number of carbonyl (C=O) groups excluding carboxylic acids is 2. The zero-order chi connectivity index (χ0) is 35.9. The van der Waals surface area contributed by atoms with Gasteiger partial charge in [0, 0.05) is 12.5 Å². The third kappa shape index (κ3) is 9.02. The molecule has 0 aliphatic heterocycles. The highest BCUT2D eigenvalue weighted by Crippen LogP contribution is 2.68. The predicted octanol–water partition coefficient (Wildman–Crippen LogP) is 3.66. The molecule has 0 unspecified atom stereocenters. The van der Waals surface area contributed by atoms with E-state index < -0.39 is 18.1 Å². The number of aliphatic hydroxyl groups excluding tert-OH is 2. The van der Waals surface area contributed by atoms with Crippen LogP contribution < -0.4 is 22.1 Å². The van der Waals surface area contributed by atoms with Gasteiger partial charge in [0.1, 0.15) is 6.04 Å². The third-order valence-corrected chi connectivity index (χ3v) is 14.3. The van der Waals surface area contributed by atoms with Crippen molar-refractivity contribution in [2.45, 2.75) is 136 Å². The number of nitrogens with zero attached hydrogens (tertiary/aromatic N) is 1. The molecule has 0 aromatic carbocycles. The van der Waals surface area contributed by atoms with Crippen molar-refractivity contribution in [3.8, 4) is 0 Å². The number of fused-ring (bicyclic) bond motifs is 5. The summed E-state index contributed by atoms with van der Waals surface area (Å²) in [4.78, 5) is 27.6. The molecule has 4 saturated carbocycles. The lowest BCUT2D eigenvalue weighted by Gasteiger charge is -2.63. The average molecular weight is 692 g/mol. The molecule has 1 amide bonds. The number of nitrogens with two attached hydrogens (primary N) is 2. The molecule has 0 heterocycles. The first-order valence-electron chi connectivity index (χ1n) is 19.9. The molecule has 10 nitrogen and oxygen atoms in total. The van der Waals surface area contributed by atoms with Crippen LogP contribution in [-0.4, -0.2) is 97.7 Å². The SMILES string of the molecule is COC(=O)[C@@H](NC(=O)CC[C@@H](C)[C@H]1CC[C@H]2[C@@H]3[C@H](O)C[C@@H]4C[C@@H](NCCCN(CCCN)CCCN)CC[C@]4(C)[C@H]3C[C@H](O)[C@]12C)C(C)C. The molecule has 12 atom stereocenters. The van der Waals surface area contributed by atoms with Gasteiger partial charge in [0.15, 0.2) is 0 Å². The summed E-state index contributed by atoms with van der Waals surface area (Å²) in [6, 6.07) is -0.157. The Hall–Kier alpha value is -1.30. The molecule has 284 valence electrons. The molecule has 0 spiro atoms. The molecule has 4 rings (SSSR count). The van der Waals surface area contributed by atoms with Crippen LogP contribution in [0.15, 0.2) is 0 Å². The minimum absolute atomic E-state index is 0.0526. The van der Waals surface area contributed by atoms with Gasteiger partial charge >= 0.3 is 5.97 Å². The summed E-state index contributed by atoms with van der Waals surface area (Å²) in [6.45, 7) is 16.4. The Morgan fingerprint density at radius 1 is 0.939 bits per heavy atom. The van der Waals surface area contributed by atoms with Gasteiger partial charge in [-0.3, -0.25) is 4.79 Å². The quantitative estimate of drug-likeness (QED) is 0.0931. The second kappa shape index (κ2) is 18.0. The minimum atomic E-state index is -0.642. The fraction of sp³-hybridized carbons (Fsp3) is 0.949. The first-order chi connectivity index (χ1) is 23.3. The number of esters is 1. The number of aliphatic hydroxyl groups is 2. The van der Waals surface area contributed by atoms with Gasteiger partial charge in [0.05, 0.1) is 19.3 Å². The monoisotopic (exact) mass is 692 g/mol. The van der Waals surface area contributed by atoms with Gasteiger partial charge in [0.25, 0.3) is 0 Å². The summed E-state index contributed by atoms with van der Waals surface area (Å²) < 4.78 is 4.90. The highest BCUT2D eigenvalue weighted by atomic mass is 16.5. The third-order valence-electron chi connectivity index (χ3n) is 14.3. The highest BCUT2D eigenvalue weighted by molar-refractivity contribution is 5.84. The zero-order valence-corrected chi connectivity index (χ0v) is 31.8. The Morgan fingerprint density at radius 3 is 2.24 bits per heavy atom. The van der Waals surface area contributed by atoms with E-state index >= 15 is 0 Å². The van der Waals surface area contributed by atoms with E-state index in [9.17, 15) is 19.8 Å². The Balaban J connectivity index is 1.33. The van der Waals surface area contributed by atoms with Crippen molar-refractivity contribution in [3.63, 3.8) is 0 Å². The van der Waals surface area contributed by atoms with E-state index in [1.54, 1.807) is 0 Å². The first-order valence-corrected chi connectivity index (χ1v) is 19.9. The number of amides is 1. The maximum absolute atomic E-state index is 12.9. The van der Waals surface area contributed by atoms with Gasteiger partial charge in [-0.05, 0) is 162 Å². The topological polar surface area (TPSA) is 163 Å². The number of hydrogen-bond acceptors (Lipinski definition) is 9. The molecule has 0 aromatic rings. The Bertz CT molecular complexity index is 1050. The Kier molecular flexibility index (Phi) is 14.8. The number of rotatable bonds is 18. The van der Waals surface area contributed by atoms with Crippen molar-refractivity contribution in [2.75, 3.05) is 46.4 Å². The van der Waals surface area contributed by atoms with Gasteiger partial charge < -0.3 is 42.0 Å². The first kappa shape index (κ1) is 40.5. The van der Waals surface area contributed by atoms with Crippen LogP contribution in [0.4, 0.5) is 0 Å². The molecule has 10 heteroatoms. The largest absolute Gasteiger partial charge is 0.467 e. The van der Waals surface area contributed by atoms with Crippen molar-refractivity contribution in [2.24, 2.45) is 63.7 Å². The lowest BCUT2D eigenvalue weighted by molar-refractivity contribution is -0.202. The van der Waals surface area contributed by atoms with E-state index in [1.807, 2.05) is 13.8 Å². The summed E-state index contributed by atoms with van der Waals surface area (Å²) in [5.74, 6) is 1.26. The molecule has 49 heavy (non-hydrogen) atoms. The molecule has 8 N–H and O–H groups in total. The van der Waals surface area contributed by atoms with Crippen LogP contribution in [0.5, 0.6) is 0 Å². The van der Waals surface area contributed by atoms with Crippen LogP contribution in [0.25, 0.3) is 0 Å². The van der Waals surface area contributed by atoms with Gasteiger partial charge in [-0.25, -0.2) is 4.79 Å². The number of hydrogen-bond donors (Lipinski definition) is 6. The summed E-state index contributed by atoms with van der Waals surface area (Å²) in [5.41, 5.74) is 11.4. The van der Waals surface area contributed by atoms with Crippen molar-refractivity contribution in [1.82, 2.24) is 15.5 Å². The van der Waals surface area contributed by atoms with Gasteiger partial charge in [-0.2, -0.15) is 0 Å². The second-order valence-corrected chi connectivity index (χ2v) is 17.3. The van der Waals surface area contributed by atoms with E-state index in [2.05, 4.69) is 36.3 Å². The van der Waals surface area contributed by atoms with Gasteiger partial charge in [0.2, 0.25) is 5.91 Å². The van der Waals surface area contributed by atoms with Crippen LogP contribution in [0.1, 0.15) is 112 Å². The molecule has 0 aromatic heterocycles. The van der Waals surface area contributed by atoms with Crippen LogP contribution in [0.3, 0.4) is 0 Å². The molecule has 0 radical (unpaired) electrons.